The van der Waals surface area contributed by atoms with E-state index in [-0.39, 0.29) is 5.54 Å². The maximum absolute atomic E-state index is 9.14. The average Bonchev–Trinajstić information content (AvgIpc) is 1.98. The number of rotatable bonds is 4. The zero-order valence-corrected chi connectivity index (χ0v) is 8.81. The Hall–Kier alpha value is -0.550. The van der Waals surface area contributed by atoms with Crippen LogP contribution in [0.4, 0.5) is 0 Å². The normalized spacial score (nSPS) is 12.2. The van der Waals surface area contributed by atoms with E-state index < -0.39 is 0 Å². The first kappa shape index (κ1) is 11.4. The van der Waals surface area contributed by atoms with Crippen LogP contribution < -0.4 is 5.32 Å². The van der Waals surface area contributed by atoms with Gasteiger partial charge in [0, 0.05) is 0 Å². The highest BCUT2D eigenvalue weighted by Gasteiger charge is 2.36. The molecule has 1 N–H and O–H groups in total. The quantitative estimate of drug-likeness (QED) is 0.698. The minimum Gasteiger partial charge on any atom is -0.299 e. The van der Waals surface area contributed by atoms with Gasteiger partial charge >= 0.3 is 0 Å². The maximum atomic E-state index is 9.14. The number of nitrogens with zero attached hydrogens (tertiary/aromatic N) is 1. The van der Waals surface area contributed by atoms with Gasteiger partial charge in [0.25, 0.3) is 0 Å². The molecule has 0 aromatic rings. The monoisotopic (exact) mass is 168 g/mol. The molecule has 0 aliphatic carbocycles. The second-order valence-electron chi connectivity index (χ2n) is 3.82. The van der Waals surface area contributed by atoms with Crippen LogP contribution in [0.2, 0.25) is 0 Å². The largest absolute Gasteiger partial charge is 0.299 e. The van der Waals surface area contributed by atoms with Crippen LogP contribution in [0, 0.1) is 23.2 Å². The Morgan fingerprint density at radius 1 is 1.25 bits per heavy atom. The minimum absolute atomic E-state index is 0.349. The van der Waals surface area contributed by atoms with Gasteiger partial charge < -0.3 is 0 Å². The minimum atomic E-state index is -0.352. The fraction of sp³-hybridized carbons (Fsp3) is 0.900. The van der Waals surface area contributed by atoms with Crippen molar-refractivity contribution in [1.29, 1.82) is 5.26 Å². The Balaban J connectivity index is 4.67. The van der Waals surface area contributed by atoms with Crippen LogP contribution in [-0.2, 0) is 0 Å². The molecule has 70 valence electrons. The van der Waals surface area contributed by atoms with E-state index in [2.05, 4.69) is 39.1 Å². The molecule has 0 saturated carbocycles. The fourth-order valence-corrected chi connectivity index (χ4v) is 1.67. The molecule has 2 heteroatoms. The summed E-state index contributed by atoms with van der Waals surface area (Å²) in [6, 6.07) is 2.40. The van der Waals surface area contributed by atoms with Gasteiger partial charge in [-0.2, -0.15) is 5.26 Å². The molecule has 0 heterocycles. The molecule has 0 fully saturated rings. The summed E-state index contributed by atoms with van der Waals surface area (Å²) in [5, 5.41) is 12.4. The van der Waals surface area contributed by atoms with Gasteiger partial charge in [-0.1, -0.05) is 34.6 Å². The van der Waals surface area contributed by atoms with E-state index in [1.165, 1.54) is 0 Å². The Morgan fingerprint density at radius 3 is 1.75 bits per heavy atom. The smallest absolute Gasteiger partial charge is 0.111 e. The van der Waals surface area contributed by atoms with Crippen LogP contribution in [0.1, 0.15) is 34.6 Å². The van der Waals surface area contributed by atoms with E-state index in [1.807, 2.05) is 6.92 Å². The molecule has 0 amide bonds. The van der Waals surface area contributed by atoms with Crippen LogP contribution in [0.15, 0.2) is 0 Å². The average molecular weight is 168 g/mol. The van der Waals surface area contributed by atoms with Crippen molar-refractivity contribution in [3.63, 3.8) is 0 Å². The van der Waals surface area contributed by atoms with Crippen molar-refractivity contribution < 1.29 is 0 Å². The summed E-state index contributed by atoms with van der Waals surface area (Å²) < 4.78 is 0. The van der Waals surface area contributed by atoms with E-state index in [1.54, 1.807) is 0 Å². The predicted octanol–water partition coefficient (Wildman–Crippen LogP) is 2.17. The van der Waals surface area contributed by atoms with Gasteiger partial charge in [0.1, 0.15) is 5.54 Å². The predicted molar refractivity (Wildman–Crippen MR) is 51.7 cm³/mol. The fourth-order valence-electron chi connectivity index (χ4n) is 1.67. The SMILES string of the molecule is CCNC(C#N)(C(C)C)C(C)C. The van der Waals surface area contributed by atoms with Crippen LogP contribution in [0.3, 0.4) is 0 Å². The van der Waals surface area contributed by atoms with Crippen molar-refractivity contribution in [3.8, 4) is 6.07 Å². The molecular weight excluding hydrogens is 148 g/mol. The first-order chi connectivity index (χ1) is 5.51. The number of hydrogen-bond acceptors (Lipinski definition) is 2. The summed E-state index contributed by atoms with van der Waals surface area (Å²) in [6.07, 6.45) is 0. The van der Waals surface area contributed by atoms with Crippen LogP contribution in [-0.4, -0.2) is 12.1 Å². The first-order valence-corrected chi connectivity index (χ1v) is 4.67. The Bertz CT molecular complexity index is 157. The molecule has 0 atom stereocenters. The lowest BCUT2D eigenvalue weighted by molar-refractivity contribution is 0.236. The van der Waals surface area contributed by atoms with Crippen molar-refractivity contribution >= 4 is 0 Å². The zero-order chi connectivity index (χ0) is 9.78. The maximum Gasteiger partial charge on any atom is 0.111 e. The molecule has 0 aliphatic rings. The third-order valence-corrected chi connectivity index (χ3v) is 2.48. The molecule has 0 unspecified atom stereocenters. The highest BCUT2D eigenvalue weighted by atomic mass is 15.0. The van der Waals surface area contributed by atoms with E-state index >= 15 is 0 Å². The molecular formula is C10H20N2. The highest BCUT2D eigenvalue weighted by Crippen LogP contribution is 2.25. The Kier molecular flexibility index (Phi) is 4.26. The third-order valence-electron chi connectivity index (χ3n) is 2.48. The summed E-state index contributed by atoms with van der Waals surface area (Å²) in [5.74, 6) is 0.699. The summed E-state index contributed by atoms with van der Waals surface area (Å²) >= 11 is 0. The topological polar surface area (TPSA) is 35.8 Å². The van der Waals surface area contributed by atoms with Crippen LogP contribution in [0.25, 0.3) is 0 Å². The van der Waals surface area contributed by atoms with Gasteiger partial charge in [-0.15, -0.1) is 0 Å². The van der Waals surface area contributed by atoms with Gasteiger partial charge in [-0.05, 0) is 18.4 Å². The van der Waals surface area contributed by atoms with Crippen molar-refractivity contribution in [1.82, 2.24) is 5.32 Å². The van der Waals surface area contributed by atoms with E-state index in [0.29, 0.717) is 11.8 Å². The number of hydrogen-bond donors (Lipinski definition) is 1. The third kappa shape index (κ3) is 1.98. The summed E-state index contributed by atoms with van der Waals surface area (Å²) in [4.78, 5) is 0. The molecule has 0 saturated heterocycles. The molecule has 2 nitrogen and oxygen atoms in total. The highest BCUT2D eigenvalue weighted by molar-refractivity contribution is 5.10. The number of nitrogens with one attached hydrogen (secondary N) is 1. The molecule has 0 aliphatic heterocycles. The summed E-state index contributed by atoms with van der Waals surface area (Å²) in [6.45, 7) is 11.2. The van der Waals surface area contributed by atoms with Crippen LogP contribution >= 0.6 is 0 Å². The van der Waals surface area contributed by atoms with Gasteiger partial charge in [-0.3, -0.25) is 5.32 Å². The van der Waals surface area contributed by atoms with Crippen molar-refractivity contribution in [2.24, 2.45) is 11.8 Å². The van der Waals surface area contributed by atoms with Crippen molar-refractivity contribution in [2.75, 3.05) is 6.54 Å². The van der Waals surface area contributed by atoms with E-state index in [0.717, 1.165) is 6.54 Å². The molecule has 0 aromatic heterocycles. The van der Waals surface area contributed by atoms with Crippen LogP contribution in [0.5, 0.6) is 0 Å². The molecule has 0 spiro atoms. The lowest BCUT2D eigenvalue weighted by Crippen LogP contribution is -2.52. The van der Waals surface area contributed by atoms with Crippen molar-refractivity contribution in [2.45, 2.75) is 40.2 Å². The lowest BCUT2D eigenvalue weighted by atomic mass is 9.78. The van der Waals surface area contributed by atoms with Crippen molar-refractivity contribution in [3.05, 3.63) is 0 Å². The lowest BCUT2D eigenvalue weighted by Gasteiger charge is -2.35. The molecule has 0 bridgehead atoms. The second kappa shape index (κ2) is 4.47. The molecule has 0 aromatic carbocycles. The molecule has 0 radical (unpaired) electrons. The van der Waals surface area contributed by atoms with Gasteiger partial charge in [0.05, 0.1) is 6.07 Å². The zero-order valence-electron chi connectivity index (χ0n) is 8.81. The standard InChI is InChI=1S/C10H20N2/c1-6-12-10(7-11,8(2)3)9(4)5/h8-9,12H,6H2,1-5H3. The Morgan fingerprint density at radius 2 is 1.67 bits per heavy atom. The summed E-state index contributed by atoms with van der Waals surface area (Å²) in [5.41, 5.74) is -0.352. The molecule has 12 heavy (non-hydrogen) atoms. The second-order valence-corrected chi connectivity index (χ2v) is 3.82. The van der Waals surface area contributed by atoms with E-state index in [4.69, 9.17) is 5.26 Å². The number of nitriles is 1. The van der Waals surface area contributed by atoms with Gasteiger partial charge in [0.2, 0.25) is 0 Å². The van der Waals surface area contributed by atoms with E-state index in [9.17, 15) is 0 Å². The summed E-state index contributed by atoms with van der Waals surface area (Å²) in [7, 11) is 0. The molecule has 0 rings (SSSR count). The van der Waals surface area contributed by atoms with Gasteiger partial charge in [0.15, 0.2) is 0 Å². The Labute approximate surface area is 76.0 Å². The van der Waals surface area contributed by atoms with Gasteiger partial charge in [-0.25, -0.2) is 0 Å². The first-order valence-electron chi connectivity index (χ1n) is 4.67.